The standard InChI is InChI=1S/C11H11N2/c1-2-4-10(5-3-1)13-11-6-8-12-9-7-11/h1-2,4-9H,3H2,(H,12,13). The Balaban J connectivity index is 2.06. The molecule has 1 aliphatic rings. The third-order valence-corrected chi connectivity index (χ3v) is 1.85. The van der Waals surface area contributed by atoms with Crippen LogP contribution >= 0.6 is 0 Å². The van der Waals surface area contributed by atoms with Crippen LogP contribution in [0, 0.1) is 6.42 Å². The lowest BCUT2D eigenvalue weighted by Crippen LogP contribution is -1.98. The Morgan fingerprint density at radius 3 is 2.77 bits per heavy atom. The first-order chi connectivity index (χ1) is 6.45. The van der Waals surface area contributed by atoms with Crippen LogP contribution in [0.4, 0.5) is 5.69 Å². The number of aromatic nitrogens is 1. The normalized spacial score (nSPS) is 15.2. The minimum Gasteiger partial charge on any atom is -0.356 e. The molecule has 0 spiro atoms. The lowest BCUT2D eigenvalue weighted by atomic mass is 10.1. The third kappa shape index (κ3) is 2.18. The topological polar surface area (TPSA) is 24.9 Å². The summed E-state index contributed by atoms with van der Waals surface area (Å²) in [5, 5.41) is 3.30. The van der Waals surface area contributed by atoms with E-state index in [0.29, 0.717) is 0 Å². The number of nitrogens with zero attached hydrogens (tertiary/aromatic N) is 1. The first-order valence-corrected chi connectivity index (χ1v) is 4.32. The smallest absolute Gasteiger partial charge is 0.0415 e. The molecule has 1 aromatic rings. The van der Waals surface area contributed by atoms with E-state index in [1.165, 1.54) is 0 Å². The van der Waals surface area contributed by atoms with Crippen LogP contribution < -0.4 is 5.32 Å². The molecular weight excluding hydrogens is 160 g/mol. The quantitative estimate of drug-likeness (QED) is 0.739. The van der Waals surface area contributed by atoms with Crippen molar-refractivity contribution in [3.05, 3.63) is 54.9 Å². The molecule has 0 saturated carbocycles. The van der Waals surface area contributed by atoms with Crippen molar-refractivity contribution in [2.45, 2.75) is 6.42 Å². The summed E-state index contributed by atoms with van der Waals surface area (Å²) in [5.74, 6) is 0. The second-order valence-corrected chi connectivity index (χ2v) is 2.85. The van der Waals surface area contributed by atoms with Crippen molar-refractivity contribution in [1.29, 1.82) is 0 Å². The van der Waals surface area contributed by atoms with Crippen LogP contribution in [-0.4, -0.2) is 4.98 Å². The minimum absolute atomic E-state index is 1.00. The SMILES string of the molecule is [CH]1C=CC(Nc2ccncc2)=CC1. The van der Waals surface area contributed by atoms with E-state index in [9.17, 15) is 0 Å². The highest BCUT2D eigenvalue weighted by Gasteiger charge is 1.96. The Kier molecular flexibility index (Phi) is 2.41. The molecular formula is C11H11N2. The molecule has 2 rings (SSSR count). The van der Waals surface area contributed by atoms with Crippen molar-refractivity contribution in [2.75, 3.05) is 5.32 Å². The van der Waals surface area contributed by atoms with E-state index in [4.69, 9.17) is 0 Å². The Labute approximate surface area is 78.0 Å². The molecule has 0 bridgehead atoms. The highest BCUT2D eigenvalue weighted by molar-refractivity contribution is 5.50. The number of hydrogen-bond acceptors (Lipinski definition) is 2. The minimum atomic E-state index is 1.00. The average molecular weight is 171 g/mol. The van der Waals surface area contributed by atoms with Gasteiger partial charge in [0.05, 0.1) is 0 Å². The number of allylic oxidation sites excluding steroid dienone is 3. The zero-order valence-electron chi connectivity index (χ0n) is 7.27. The molecule has 1 N–H and O–H groups in total. The van der Waals surface area contributed by atoms with Crippen LogP contribution in [-0.2, 0) is 0 Å². The predicted molar refractivity (Wildman–Crippen MR) is 54.0 cm³/mol. The summed E-state index contributed by atoms with van der Waals surface area (Å²) in [6, 6.07) is 3.90. The average Bonchev–Trinajstić information content (AvgIpc) is 2.21. The van der Waals surface area contributed by atoms with Gasteiger partial charge in [-0.3, -0.25) is 4.98 Å². The van der Waals surface area contributed by atoms with Crippen LogP contribution in [0.3, 0.4) is 0 Å². The molecule has 0 saturated heterocycles. The fraction of sp³-hybridized carbons (Fsp3) is 0.0909. The van der Waals surface area contributed by atoms with Gasteiger partial charge in [0.25, 0.3) is 0 Å². The predicted octanol–water partition coefficient (Wildman–Crippen LogP) is 2.54. The molecule has 2 nitrogen and oxygen atoms in total. The van der Waals surface area contributed by atoms with Gasteiger partial charge >= 0.3 is 0 Å². The van der Waals surface area contributed by atoms with Gasteiger partial charge in [-0.2, -0.15) is 0 Å². The highest BCUT2D eigenvalue weighted by atomic mass is 14.9. The van der Waals surface area contributed by atoms with Gasteiger partial charge in [-0.25, -0.2) is 0 Å². The summed E-state index contributed by atoms with van der Waals surface area (Å²) in [5.41, 5.74) is 2.22. The molecule has 1 aromatic heterocycles. The lowest BCUT2D eigenvalue weighted by Gasteiger charge is -2.09. The molecule has 0 fully saturated rings. The number of anilines is 1. The molecule has 1 heterocycles. The maximum Gasteiger partial charge on any atom is 0.0415 e. The van der Waals surface area contributed by atoms with E-state index in [1.54, 1.807) is 12.4 Å². The fourth-order valence-electron chi connectivity index (χ4n) is 1.21. The van der Waals surface area contributed by atoms with E-state index >= 15 is 0 Å². The number of hydrogen-bond donors (Lipinski definition) is 1. The molecule has 0 atom stereocenters. The highest BCUT2D eigenvalue weighted by Crippen LogP contribution is 2.13. The number of rotatable bonds is 2. The molecule has 0 amide bonds. The van der Waals surface area contributed by atoms with Crippen molar-refractivity contribution in [2.24, 2.45) is 0 Å². The van der Waals surface area contributed by atoms with Crippen LogP contribution in [0.1, 0.15) is 6.42 Å². The van der Waals surface area contributed by atoms with Crippen LogP contribution in [0.5, 0.6) is 0 Å². The summed E-state index contributed by atoms with van der Waals surface area (Å²) >= 11 is 0. The number of nitrogens with one attached hydrogen (secondary N) is 1. The molecule has 0 aliphatic heterocycles. The van der Waals surface area contributed by atoms with Gasteiger partial charge in [-0.1, -0.05) is 12.2 Å². The first kappa shape index (κ1) is 8.05. The van der Waals surface area contributed by atoms with Crippen molar-refractivity contribution < 1.29 is 0 Å². The lowest BCUT2D eigenvalue weighted by molar-refractivity contribution is 1.21. The first-order valence-electron chi connectivity index (χ1n) is 4.32. The van der Waals surface area contributed by atoms with Crippen molar-refractivity contribution in [1.82, 2.24) is 4.98 Å². The van der Waals surface area contributed by atoms with Gasteiger partial charge in [0, 0.05) is 23.8 Å². The van der Waals surface area contributed by atoms with E-state index in [0.717, 1.165) is 17.8 Å². The monoisotopic (exact) mass is 171 g/mol. The second kappa shape index (κ2) is 3.90. The maximum atomic E-state index is 3.95. The van der Waals surface area contributed by atoms with E-state index in [2.05, 4.69) is 34.9 Å². The van der Waals surface area contributed by atoms with Gasteiger partial charge < -0.3 is 5.32 Å². The Morgan fingerprint density at radius 2 is 2.08 bits per heavy atom. The molecule has 13 heavy (non-hydrogen) atoms. The summed E-state index contributed by atoms with van der Waals surface area (Å²) in [6.45, 7) is 0. The van der Waals surface area contributed by atoms with Gasteiger partial charge in [0.2, 0.25) is 0 Å². The summed E-state index contributed by atoms with van der Waals surface area (Å²) in [7, 11) is 0. The van der Waals surface area contributed by atoms with Gasteiger partial charge in [0.15, 0.2) is 0 Å². The zero-order chi connectivity index (χ0) is 8.93. The molecule has 1 radical (unpaired) electrons. The van der Waals surface area contributed by atoms with E-state index in [1.807, 2.05) is 12.1 Å². The van der Waals surface area contributed by atoms with Crippen LogP contribution in [0.2, 0.25) is 0 Å². The van der Waals surface area contributed by atoms with E-state index < -0.39 is 0 Å². The maximum absolute atomic E-state index is 3.95. The summed E-state index contributed by atoms with van der Waals surface area (Å²) < 4.78 is 0. The zero-order valence-corrected chi connectivity index (χ0v) is 7.27. The van der Waals surface area contributed by atoms with Gasteiger partial charge in [0.1, 0.15) is 0 Å². The number of pyridine rings is 1. The Hall–Kier alpha value is -1.57. The molecule has 65 valence electrons. The molecule has 0 aromatic carbocycles. The summed E-state index contributed by atoms with van der Waals surface area (Å²) in [6.07, 6.45) is 13.0. The molecule has 1 aliphatic carbocycles. The largest absolute Gasteiger partial charge is 0.356 e. The Bertz CT molecular complexity index is 325. The third-order valence-electron chi connectivity index (χ3n) is 1.85. The van der Waals surface area contributed by atoms with E-state index in [-0.39, 0.29) is 0 Å². The molecule has 0 unspecified atom stereocenters. The van der Waals surface area contributed by atoms with Gasteiger partial charge in [-0.05, 0) is 31.1 Å². The Morgan fingerprint density at radius 1 is 1.23 bits per heavy atom. The van der Waals surface area contributed by atoms with Crippen LogP contribution in [0.15, 0.2) is 48.5 Å². The second-order valence-electron chi connectivity index (χ2n) is 2.85. The van der Waals surface area contributed by atoms with Crippen molar-refractivity contribution in [3.63, 3.8) is 0 Å². The van der Waals surface area contributed by atoms with Crippen molar-refractivity contribution >= 4 is 5.69 Å². The van der Waals surface area contributed by atoms with Crippen LogP contribution in [0.25, 0.3) is 0 Å². The fourth-order valence-corrected chi connectivity index (χ4v) is 1.21. The van der Waals surface area contributed by atoms with Gasteiger partial charge in [-0.15, -0.1) is 0 Å². The molecule has 2 heteroatoms. The van der Waals surface area contributed by atoms with Crippen molar-refractivity contribution in [3.8, 4) is 0 Å². The summed E-state index contributed by atoms with van der Waals surface area (Å²) in [4.78, 5) is 3.95.